The fraction of sp³-hybridized carbons (Fsp3) is 0.250. The van der Waals surface area contributed by atoms with E-state index in [0.717, 1.165) is 6.20 Å². The number of aromatic nitrogens is 1. The number of carbonyl (C=O) groups is 2. The Kier molecular flexibility index (Phi) is 5.41. The number of carboxylic acid groups (broad SMARTS) is 1. The van der Waals surface area contributed by atoms with E-state index in [1.165, 1.54) is 7.11 Å². The molecule has 0 unspecified atom stereocenters. The van der Waals surface area contributed by atoms with Gasteiger partial charge in [-0.05, 0) is 0 Å². The number of ether oxygens (including phenoxy) is 1. The second-order valence-electron chi connectivity index (χ2n) is 2.59. The van der Waals surface area contributed by atoms with Crippen LogP contribution < -0.4 is 0 Å². The van der Waals surface area contributed by atoms with Crippen molar-refractivity contribution in [3.63, 3.8) is 0 Å². The molecule has 0 spiro atoms. The molecular weight excluding hydrogens is 213 g/mol. The summed E-state index contributed by atoms with van der Waals surface area (Å²) < 4.78 is 4.36. The molecule has 1 aromatic heterocycles. The fourth-order valence-corrected chi connectivity index (χ4v) is 1.05. The van der Waals surface area contributed by atoms with Gasteiger partial charge in [-0.25, -0.2) is 4.79 Å². The van der Waals surface area contributed by atoms with Crippen LogP contribution >= 0.6 is 0 Å². The predicted molar refractivity (Wildman–Crippen MR) is 52.3 cm³/mol. The van der Waals surface area contributed by atoms with Crippen molar-refractivity contribution in [3.05, 3.63) is 17.5 Å². The third-order valence-corrected chi connectivity index (χ3v) is 1.70. The van der Waals surface area contributed by atoms with E-state index in [9.17, 15) is 9.59 Å². The summed E-state index contributed by atoms with van der Waals surface area (Å²) >= 11 is 0. The average Bonchev–Trinajstić information content (AvgIpc) is 2.46. The Balaban J connectivity index is 0.00000196. The summed E-state index contributed by atoms with van der Waals surface area (Å²) in [6, 6.07) is 0. The van der Waals surface area contributed by atoms with Gasteiger partial charge >= 0.3 is 41.5 Å². The van der Waals surface area contributed by atoms with Gasteiger partial charge in [0, 0.05) is 11.9 Å². The predicted octanol–water partition coefficient (Wildman–Crippen LogP) is -0.515. The number of hydrogen-bond donors (Lipinski definition) is 3. The van der Waals surface area contributed by atoms with E-state index < -0.39 is 17.7 Å². The van der Waals surface area contributed by atoms with Crippen molar-refractivity contribution in [2.75, 3.05) is 7.11 Å². The molecule has 0 bridgehead atoms. The first kappa shape index (κ1) is 14.0. The number of hydrogen-bond acceptors (Lipinski definition) is 4. The molecule has 0 atom stereocenters. The molecule has 0 amide bonds. The zero-order chi connectivity index (χ0) is 10.7. The van der Waals surface area contributed by atoms with Crippen LogP contribution in [0.5, 0.6) is 5.75 Å². The van der Waals surface area contributed by atoms with Crippen LogP contribution in [0.3, 0.4) is 0 Å². The second-order valence-corrected chi connectivity index (χ2v) is 2.59. The van der Waals surface area contributed by atoms with Crippen LogP contribution in [0.1, 0.15) is 16.1 Å². The van der Waals surface area contributed by atoms with Crippen molar-refractivity contribution in [1.29, 1.82) is 0 Å². The zero-order valence-electron chi connectivity index (χ0n) is 7.40. The molecule has 0 aliphatic heterocycles. The van der Waals surface area contributed by atoms with Gasteiger partial charge in [-0.15, -0.1) is 0 Å². The third kappa shape index (κ3) is 3.26. The van der Waals surface area contributed by atoms with E-state index in [-0.39, 0.29) is 47.2 Å². The summed E-state index contributed by atoms with van der Waals surface area (Å²) in [4.78, 5) is 24.0. The number of nitrogens with one attached hydrogen (secondary N) is 1. The van der Waals surface area contributed by atoms with E-state index in [2.05, 4.69) is 9.72 Å². The normalized spacial score (nSPS) is 9.13. The molecule has 0 saturated heterocycles. The molecular formula is C8H10NNaO5. The molecule has 0 aliphatic carbocycles. The Morgan fingerprint density at radius 1 is 1.53 bits per heavy atom. The van der Waals surface area contributed by atoms with E-state index in [4.69, 9.17) is 10.2 Å². The number of esters is 1. The van der Waals surface area contributed by atoms with Crippen LogP contribution in [-0.2, 0) is 16.0 Å². The van der Waals surface area contributed by atoms with E-state index >= 15 is 0 Å². The second kappa shape index (κ2) is 5.79. The molecule has 1 aromatic rings. The summed E-state index contributed by atoms with van der Waals surface area (Å²) in [6.45, 7) is 0. The maximum absolute atomic E-state index is 10.8. The molecule has 3 N–H and O–H groups in total. The minimum absolute atomic E-state index is 0. The summed E-state index contributed by atoms with van der Waals surface area (Å²) in [5.41, 5.74) is -0.169. The van der Waals surface area contributed by atoms with Crippen LogP contribution in [-0.4, -0.2) is 63.8 Å². The van der Waals surface area contributed by atoms with Crippen LogP contribution in [0.4, 0.5) is 0 Å². The molecule has 1 rings (SSSR count). The first-order valence-electron chi connectivity index (χ1n) is 3.75. The molecule has 0 aromatic carbocycles. The quantitative estimate of drug-likeness (QED) is 0.473. The van der Waals surface area contributed by atoms with Gasteiger partial charge in [-0.2, -0.15) is 0 Å². The zero-order valence-corrected chi connectivity index (χ0v) is 7.40. The van der Waals surface area contributed by atoms with Gasteiger partial charge in [0.1, 0.15) is 11.3 Å². The Bertz CT molecular complexity index is 373. The maximum atomic E-state index is 10.8. The number of carbonyl (C=O) groups excluding carboxylic acids is 1. The number of methoxy groups -OCH3 is 1. The standard InChI is InChI=1S/C8H9NO5.Na.H/c1-14-6(11)2-4-7(8(12)13)5(10)3-9-4;;/h3,9-10H,2H2,1H3,(H,12,13);;. The van der Waals surface area contributed by atoms with Crippen LogP contribution in [0.15, 0.2) is 6.20 Å². The van der Waals surface area contributed by atoms with Gasteiger partial charge in [0.25, 0.3) is 0 Å². The number of aromatic amines is 1. The van der Waals surface area contributed by atoms with Gasteiger partial charge in [0.2, 0.25) is 0 Å². The molecule has 0 aliphatic rings. The topological polar surface area (TPSA) is 99.6 Å². The van der Waals surface area contributed by atoms with Crippen molar-refractivity contribution in [3.8, 4) is 5.75 Å². The van der Waals surface area contributed by atoms with Crippen molar-refractivity contribution in [2.45, 2.75) is 6.42 Å². The summed E-state index contributed by atoms with van der Waals surface area (Å²) in [7, 11) is 1.20. The molecule has 0 fully saturated rings. The molecule has 0 radical (unpaired) electrons. The molecule has 6 nitrogen and oxygen atoms in total. The Labute approximate surface area is 108 Å². The van der Waals surface area contributed by atoms with Gasteiger partial charge < -0.3 is 19.9 Å². The number of H-pyrrole nitrogens is 1. The van der Waals surface area contributed by atoms with Gasteiger partial charge in [0.05, 0.1) is 13.5 Å². The van der Waals surface area contributed by atoms with Crippen molar-refractivity contribution in [2.24, 2.45) is 0 Å². The SMILES string of the molecule is COC(=O)Cc1[nH]cc(O)c1C(=O)O.[NaH]. The van der Waals surface area contributed by atoms with Crippen LogP contribution in [0.2, 0.25) is 0 Å². The molecule has 1 heterocycles. The van der Waals surface area contributed by atoms with Crippen molar-refractivity contribution < 1.29 is 24.5 Å². The van der Waals surface area contributed by atoms with E-state index in [1.807, 2.05) is 0 Å². The number of rotatable bonds is 3. The summed E-state index contributed by atoms with van der Waals surface area (Å²) in [5.74, 6) is -2.26. The van der Waals surface area contributed by atoms with E-state index in [0.29, 0.717) is 0 Å². The molecule has 7 heteroatoms. The summed E-state index contributed by atoms with van der Waals surface area (Å²) in [6.07, 6.45) is 0.903. The molecule has 0 saturated carbocycles. The number of carboxylic acids is 1. The van der Waals surface area contributed by atoms with Gasteiger partial charge in [-0.1, -0.05) is 0 Å². The Morgan fingerprint density at radius 2 is 2.13 bits per heavy atom. The van der Waals surface area contributed by atoms with Crippen LogP contribution in [0.25, 0.3) is 0 Å². The van der Waals surface area contributed by atoms with Crippen molar-refractivity contribution >= 4 is 41.5 Å². The Morgan fingerprint density at radius 3 is 2.60 bits per heavy atom. The number of aromatic hydroxyl groups is 1. The first-order valence-corrected chi connectivity index (χ1v) is 3.75. The first-order chi connectivity index (χ1) is 6.56. The minimum atomic E-state index is -1.29. The molecule has 78 valence electrons. The third-order valence-electron chi connectivity index (χ3n) is 1.70. The average molecular weight is 223 g/mol. The fourth-order valence-electron chi connectivity index (χ4n) is 1.05. The summed E-state index contributed by atoms with van der Waals surface area (Å²) in [5, 5.41) is 17.8. The van der Waals surface area contributed by atoms with Crippen LogP contribution in [0, 0.1) is 0 Å². The Hall–Kier alpha value is -0.980. The molecule has 15 heavy (non-hydrogen) atoms. The van der Waals surface area contributed by atoms with E-state index in [1.54, 1.807) is 0 Å². The number of aromatic carboxylic acids is 1. The van der Waals surface area contributed by atoms with Crippen molar-refractivity contribution in [1.82, 2.24) is 4.98 Å². The van der Waals surface area contributed by atoms with Gasteiger partial charge in [0.15, 0.2) is 0 Å². The monoisotopic (exact) mass is 223 g/mol. The van der Waals surface area contributed by atoms with Gasteiger partial charge in [-0.3, -0.25) is 4.79 Å².